The third-order valence-corrected chi connectivity index (χ3v) is 5.74. The summed E-state index contributed by atoms with van der Waals surface area (Å²) in [5.74, 6) is -0.695. The molecular weight excluding hydrogens is 390 g/mol. The summed E-state index contributed by atoms with van der Waals surface area (Å²) in [5, 5.41) is 12.0. The molecule has 2 N–H and O–H groups in total. The van der Waals surface area contributed by atoms with Gasteiger partial charge >= 0.3 is 11.6 Å². The molecule has 1 aromatic carbocycles. The summed E-state index contributed by atoms with van der Waals surface area (Å²) < 4.78 is 17.6. The van der Waals surface area contributed by atoms with Crippen molar-refractivity contribution in [3.63, 3.8) is 0 Å². The zero-order chi connectivity index (χ0) is 21.6. The van der Waals surface area contributed by atoms with Gasteiger partial charge in [-0.3, -0.25) is 9.59 Å². The number of carbonyl (C=O) groups excluding carboxylic acids is 1. The van der Waals surface area contributed by atoms with Gasteiger partial charge in [0, 0.05) is 17.2 Å². The number of carboxylic acid groups (broad SMARTS) is 1. The second-order valence-corrected chi connectivity index (χ2v) is 8.53. The van der Waals surface area contributed by atoms with Crippen molar-refractivity contribution in [2.75, 3.05) is 6.61 Å². The zero-order valence-corrected chi connectivity index (χ0v) is 17.3. The Bertz CT molecular complexity index is 1100. The molecule has 0 radical (unpaired) electrons. The van der Waals surface area contributed by atoms with E-state index in [0.717, 1.165) is 30.4 Å². The van der Waals surface area contributed by atoms with Crippen LogP contribution in [0.3, 0.4) is 0 Å². The van der Waals surface area contributed by atoms with E-state index < -0.39 is 17.9 Å². The van der Waals surface area contributed by atoms with Crippen LogP contribution in [0.5, 0.6) is 11.5 Å². The minimum Gasteiger partial charge on any atom is -0.487 e. The van der Waals surface area contributed by atoms with Crippen molar-refractivity contribution >= 4 is 22.8 Å². The first-order valence-corrected chi connectivity index (χ1v) is 10.1. The van der Waals surface area contributed by atoms with Gasteiger partial charge in [-0.25, -0.2) is 4.79 Å². The fourth-order valence-electron chi connectivity index (χ4n) is 4.16. The Morgan fingerprint density at radius 1 is 1.23 bits per heavy atom. The Kier molecular flexibility index (Phi) is 4.95. The van der Waals surface area contributed by atoms with Crippen LogP contribution in [0, 0.1) is 0 Å². The van der Waals surface area contributed by atoms with Gasteiger partial charge in [0.15, 0.2) is 6.61 Å². The Morgan fingerprint density at radius 3 is 2.70 bits per heavy atom. The Balaban J connectivity index is 1.76. The molecule has 1 aromatic heterocycles. The Hall–Kier alpha value is -3.03. The molecule has 4 rings (SSSR count). The highest BCUT2D eigenvalue weighted by molar-refractivity contribution is 5.93. The van der Waals surface area contributed by atoms with E-state index in [9.17, 15) is 14.4 Å². The second-order valence-electron chi connectivity index (χ2n) is 8.53. The van der Waals surface area contributed by atoms with Gasteiger partial charge in [-0.1, -0.05) is 0 Å². The molecule has 1 unspecified atom stereocenters. The van der Waals surface area contributed by atoms with E-state index >= 15 is 0 Å². The van der Waals surface area contributed by atoms with Crippen LogP contribution >= 0.6 is 0 Å². The highest BCUT2D eigenvalue weighted by Crippen LogP contribution is 2.44. The molecule has 8 heteroatoms. The number of aliphatic carboxylic acids is 1. The number of carboxylic acids is 1. The number of hydrogen-bond acceptors (Lipinski definition) is 6. The van der Waals surface area contributed by atoms with Gasteiger partial charge in [0.2, 0.25) is 0 Å². The molecule has 8 nitrogen and oxygen atoms in total. The molecule has 0 spiro atoms. The molecular formula is C22H25NO7. The van der Waals surface area contributed by atoms with E-state index in [1.807, 2.05) is 13.8 Å². The van der Waals surface area contributed by atoms with Gasteiger partial charge in [-0.05, 0) is 58.4 Å². The average Bonchev–Trinajstić information content (AvgIpc) is 3.15. The number of aryl methyl sites for hydroxylation is 2. The van der Waals surface area contributed by atoms with E-state index in [0.29, 0.717) is 40.9 Å². The number of rotatable bonds is 5. The van der Waals surface area contributed by atoms with Crippen molar-refractivity contribution in [3.8, 4) is 11.5 Å². The summed E-state index contributed by atoms with van der Waals surface area (Å²) in [5.41, 5.74) is 2.17. The molecule has 0 saturated heterocycles. The maximum atomic E-state index is 12.5. The number of carbonyl (C=O) groups is 2. The van der Waals surface area contributed by atoms with Crippen molar-refractivity contribution < 1.29 is 28.6 Å². The lowest BCUT2D eigenvalue weighted by Crippen LogP contribution is -2.40. The molecule has 2 heterocycles. The first kappa shape index (κ1) is 20.3. The molecule has 1 atom stereocenters. The highest BCUT2D eigenvalue weighted by Gasteiger charge is 2.32. The number of hydrogen-bond donors (Lipinski definition) is 2. The number of fused-ring (bicyclic) bond motifs is 5. The van der Waals surface area contributed by atoms with Crippen molar-refractivity contribution in [1.29, 1.82) is 0 Å². The minimum absolute atomic E-state index is 0.327. The molecule has 2 aliphatic rings. The summed E-state index contributed by atoms with van der Waals surface area (Å²) >= 11 is 0. The summed E-state index contributed by atoms with van der Waals surface area (Å²) in [6.45, 7) is 5.00. The SMILES string of the molecule is CC(NC(=O)COc1cc2c(c3oc(=O)c4c(c13)CCC4)CCC(C)(C)O2)C(=O)O. The van der Waals surface area contributed by atoms with Gasteiger partial charge in [-0.2, -0.15) is 0 Å². The molecule has 0 bridgehead atoms. The number of ether oxygens (including phenoxy) is 2. The monoisotopic (exact) mass is 415 g/mol. The lowest BCUT2D eigenvalue weighted by molar-refractivity contribution is -0.141. The molecule has 0 saturated carbocycles. The normalized spacial score (nSPS) is 17.6. The summed E-state index contributed by atoms with van der Waals surface area (Å²) in [7, 11) is 0. The Labute approximate surface area is 173 Å². The van der Waals surface area contributed by atoms with Crippen LogP contribution in [-0.4, -0.2) is 35.2 Å². The van der Waals surface area contributed by atoms with Crippen LogP contribution in [-0.2, 0) is 28.9 Å². The van der Waals surface area contributed by atoms with Crippen LogP contribution < -0.4 is 20.4 Å². The molecule has 0 fully saturated rings. The first-order valence-electron chi connectivity index (χ1n) is 10.1. The van der Waals surface area contributed by atoms with Crippen LogP contribution in [0.25, 0.3) is 11.0 Å². The molecule has 1 aliphatic heterocycles. The average molecular weight is 415 g/mol. The van der Waals surface area contributed by atoms with Crippen molar-refractivity contribution in [1.82, 2.24) is 5.32 Å². The summed E-state index contributed by atoms with van der Waals surface area (Å²) in [6.07, 6.45) is 3.74. The van der Waals surface area contributed by atoms with Crippen LogP contribution in [0.1, 0.15) is 50.3 Å². The van der Waals surface area contributed by atoms with Gasteiger partial charge in [0.05, 0.1) is 5.39 Å². The van der Waals surface area contributed by atoms with E-state index in [1.165, 1.54) is 6.92 Å². The number of nitrogens with one attached hydrogen (secondary N) is 1. The van der Waals surface area contributed by atoms with Crippen LogP contribution in [0.2, 0.25) is 0 Å². The van der Waals surface area contributed by atoms with Crippen molar-refractivity contribution in [2.45, 2.75) is 64.5 Å². The van der Waals surface area contributed by atoms with Gasteiger partial charge in [0.25, 0.3) is 5.91 Å². The maximum absolute atomic E-state index is 12.5. The molecule has 2 aromatic rings. The summed E-state index contributed by atoms with van der Waals surface area (Å²) in [6, 6.07) is 0.734. The van der Waals surface area contributed by atoms with Crippen molar-refractivity contribution in [3.05, 3.63) is 33.2 Å². The lowest BCUT2D eigenvalue weighted by atomic mass is 9.91. The third-order valence-electron chi connectivity index (χ3n) is 5.74. The number of amides is 1. The van der Waals surface area contributed by atoms with E-state index in [-0.39, 0.29) is 17.8 Å². The molecule has 1 aliphatic carbocycles. The minimum atomic E-state index is -1.13. The largest absolute Gasteiger partial charge is 0.487 e. The summed E-state index contributed by atoms with van der Waals surface area (Å²) in [4.78, 5) is 35.6. The van der Waals surface area contributed by atoms with E-state index in [4.69, 9.17) is 19.0 Å². The second kappa shape index (κ2) is 7.34. The molecule has 160 valence electrons. The topological polar surface area (TPSA) is 115 Å². The standard InChI is InChI=1S/C22H25NO7/c1-11(20(25)26)23-17(24)10-28-16-9-15-14(7-8-22(2,3)30-15)19-18(16)12-5-4-6-13(12)21(27)29-19/h9,11H,4-8,10H2,1-3H3,(H,23,24)(H,25,26). The van der Waals surface area contributed by atoms with Gasteiger partial charge < -0.3 is 24.3 Å². The van der Waals surface area contributed by atoms with Crippen molar-refractivity contribution in [2.24, 2.45) is 0 Å². The third kappa shape index (κ3) is 3.62. The van der Waals surface area contributed by atoms with E-state index in [1.54, 1.807) is 6.07 Å². The fourth-order valence-corrected chi connectivity index (χ4v) is 4.16. The van der Waals surface area contributed by atoms with Gasteiger partial charge in [-0.15, -0.1) is 0 Å². The highest BCUT2D eigenvalue weighted by atomic mass is 16.5. The predicted octanol–water partition coefficient (Wildman–Crippen LogP) is 2.35. The van der Waals surface area contributed by atoms with Gasteiger partial charge in [0.1, 0.15) is 28.7 Å². The first-order chi connectivity index (χ1) is 14.2. The fraction of sp³-hybridized carbons (Fsp3) is 0.500. The van der Waals surface area contributed by atoms with Crippen LogP contribution in [0.4, 0.5) is 0 Å². The quantitative estimate of drug-likeness (QED) is 0.720. The Morgan fingerprint density at radius 2 is 1.97 bits per heavy atom. The van der Waals surface area contributed by atoms with Crippen LogP contribution in [0.15, 0.2) is 15.3 Å². The number of benzene rings is 1. The predicted molar refractivity (Wildman–Crippen MR) is 108 cm³/mol. The van der Waals surface area contributed by atoms with E-state index in [2.05, 4.69) is 5.32 Å². The zero-order valence-electron chi connectivity index (χ0n) is 17.3. The molecule has 30 heavy (non-hydrogen) atoms. The lowest BCUT2D eigenvalue weighted by Gasteiger charge is -2.33. The molecule has 1 amide bonds. The smallest absolute Gasteiger partial charge is 0.339 e. The maximum Gasteiger partial charge on any atom is 0.339 e.